The van der Waals surface area contributed by atoms with Crippen molar-refractivity contribution in [2.75, 3.05) is 16.8 Å². The van der Waals surface area contributed by atoms with E-state index >= 15 is 0 Å². The SMILES string of the molecule is CC(C)=CCCC(C)=CCCC(=CCSCC(Nc1[nH]ccc1C)C(=O)O)CC=C(C)C. The Bertz CT molecular complexity index is 822. The van der Waals surface area contributed by atoms with Crippen LogP contribution in [0.1, 0.15) is 72.3 Å². The van der Waals surface area contributed by atoms with Gasteiger partial charge in [0, 0.05) is 17.7 Å². The highest BCUT2D eigenvalue weighted by Gasteiger charge is 2.18. The summed E-state index contributed by atoms with van der Waals surface area (Å²) in [7, 11) is 0. The predicted molar refractivity (Wildman–Crippen MR) is 142 cm³/mol. The number of anilines is 1. The van der Waals surface area contributed by atoms with Gasteiger partial charge in [-0.2, -0.15) is 11.8 Å². The molecule has 1 unspecified atom stereocenters. The Labute approximate surface area is 199 Å². The first-order chi connectivity index (χ1) is 15.2. The van der Waals surface area contributed by atoms with Gasteiger partial charge >= 0.3 is 5.97 Å². The maximum atomic E-state index is 11.6. The van der Waals surface area contributed by atoms with Crippen LogP contribution in [-0.4, -0.2) is 33.6 Å². The zero-order valence-electron chi connectivity index (χ0n) is 20.8. The Morgan fingerprint density at radius 1 is 1.06 bits per heavy atom. The van der Waals surface area contributed by atoms with Crippen LogP contribution in [0, 0.1) is 6.92 Å². The van der Waals surface area contributed by atoms with E-state index in [2.05, 4.69) is 69.2 Å². The minimum Gasteiger partial charge on any atom is -0.480 e. The molecule has 4 nitrogen and oxygen atoms in total. The van der Waals surface area contributed by atoms with Crippen molar-refractivity contribution >= 4 is 23.5 Å². The number of aromatic nitrogens is 1. The van der Waals surface area contributed by atoms with Gasteiger partial charge in [0.15, 0.2) is 0 Å². The van der Waals surface area contributed by atoms with Gasteiger partial charge in [0.05, 0.1) is 0 Å². The number of nitrogens with one attached hydrogen (secondary N) is 2. The molecular weight excluding hydrogens is 416 g/mol. The molecule has 0 spiro atoms. The third-order valence-corrected chi connectivity index (χ3v) is 6.14. The summed E-state index contributed by atoms with van der Waals surface area (Å²) in [5, 5.41) is 12.7. The van der Waals surface area contributed by atoms with Crippen molar-refractivity contribution in [3.05, 3.63) is 64.4 Å². The van der Waals surface area contributed by atoms with Crippen molar-refractivity contribution in [1.29, 1.82) is 0 Å². The van der Waals surface area contributed by atoms with Crippen molar-refractivity contribution in [3.8, 4) is 0 Å². The quantitative estimate of drug-likeness (QED) is 0.186. The molecule has 0 aliphatic carbocycles. The number of hydrogen-bond acceptors (Lipinski definition) is 3. The Kier molecular flexibility index (Phi) is 13.6. The van der Waals surface area contributed by atoms with Crippen LogP contribution in [0.4, 0.5) is 5.82 Å². The zero-order chi connectivity index (χ0) is 23.9. The smallest absolute Gasteiger partial charge is 0.327 e. The fourth-order valence-corrected chi connectivity index (χ4v) is 4.08. The zero-order valence-corrected chi connectivity index (χ0v) is 21.6. The molecule has 0 saturated heterocycles. The summed E-state index contributed by atoms with van der Waals surface area (Å²) in [4.78, 5) is 14.7. The van der Waals surface area contributed by atoms with E-state index in [1.807, 2.05) is 19.2 Å². The molecule has 0 saturated carbocycles. The Balaban J connectivity index is 2.59. The summed E-state index contributed by atoms with van der Waals surface area (Å²) in [5.41, 5.74) is 6.61. The van der Waals surface area contributed by atoms with Crippen molar-refractivity contribution in [3.63, 3.8) is 0 Å². The summed E-state index contributed by atoms with van der Waals surface area (Å²) in [6, 6.07) is 1.32. The number of thioether (sulfide) groups is 1. The summed E-state index contributed by atoms with van der Waals surface area (Å²) in [5.74, 6) is 1.30. The first kappa shape index (κ1) is 27.9. The van der Waals surface area contributed by atoms with Gasteiger partial charge in [0.2, 0.25) is 0 Å². The number of carboxylic acids is 1. The molecule has 1 rings (SSSR count). The van der Waals surface area contributed by atoms with Gasteiger partial charge in [-0.25, -0.2) is 4.79 Å². The average Bonchev–Trinajstić information content (AvgIpc) is 3.11. The molecule has 0 radical (unpaired) electrons. The monoisotopic (exact) mass is 458 g/mol. The van der Waals surface area contributed by atoms with Crippen molar-refractivity contribution in [2.45, 2.75) is 79.7 Å². The minimum absolute atomic E-state index is 0.517. The molecule has 0 aliphatic heterocycles. The molecule has 5 heteroatoms. The molecule has 1 atom stereocenters. The highest BCUT2D eigenvalue weighted by molar-refractivity contribution is 7.99. The number of aromatic amines is 1. The first-order valence-electron chi connectivity index (χ1n) is 11.5. The summed E-state index contributed by atoms with van der Waals surface area (Å²) in [6.07, 6.45) is 16.4. The summed E-state index contributed by atoms with van der Waals surface area (Å²) in [6.45, 7) is 12.7. The van der Waals surface area contributed by atoms with Gasteiger partial charge in [-0.1, -0.05) is 46.6 Å². The van der Waals surface area contributed by atoms with Crippen LogP contribution in [0.2, 0.25) is 0 Å². The molecule has 1 aromatic heterocycles. The van der Waals surface area contributed by atoms with Crippen LogP contribution in [-0.2, 0) is 4.79 Å². The number of carbonyl (C=O) groups is 1. The highest BCUT2D eigenvalue weighted by atomic mass is 32.2. The Hall–Kier alpha value is -2.14. The van der Waals surface area contributed by atoms with Crippen LogP contribution >= 0.6 is 11.8 Å². The molecule has 0 aromatic carbocycles. The van der Waals surface area contributed by atoms with E-state index in [1.54, 1.807) is 11.8 Å². The van der Waals surface area contributed by atoms with Crippen LogP contribution in [0.25, 0.3) is 0 Å². The minimum atomic E-state index is -0.825. The molecule has 0 bridgehead atoms. The number of H-pyrrole nitrogens is 1. The van der Waals surface area contributed by atoms with E-state index in [0.717, 1.165) is 49.2 Å². The lowest BCUT2D eigenvalue weighted by Gasteiger charge is -2.15. The lowest BCUT2D eigenvalue weighted by atomic mass is 10.0. The fourth-order valence-electron chi connectivity index (χ4n) is 3.13. The van der Waals surface area contributed by atoms with Crippen molar-refractivity contribution < 1.29 is 9.90 Å². The van der Waals surface area contributed by atoms with Gasteiger partial charge < -0.3 is 15.4 Å². The van der Waals surface area contributed by atoms with Gasteiger partial charge in [0.25, 0.3) is 0 Å². The van der Waals surface area contributed by atoms with E-state index in [1.165, 1.54) is 22.3 Å². The fraction of sp³-hybridized carbons (Fsp3) is 0.519. The third-order valence-electron chi connectivity index (χ3n) is 5.17. The summed E-state index contributed by atoms with van der Waals surface area (Å²) >= 11 is 1.66. The lowest BCUT2D eigenvalue weighted by Crippen LogP contribution is -2.32. The van der Waals surface area contributed by atoms with Crippen LogP contribution in [0.5, 0.6) is 0 Å². The van der Waals surface area contributed by atoms with E-state index < -0.39 is 12.0 Å². The first-order valence-corrected chi connectivity index (χ1v) is 12.7. The summed E-state index contributed by atoms with van der Waals surface area (Å²) < 4.78 is 0. The molecule has 1 heterocycles. The number of aliphatic carboxylic acids is 1. The second-order valence-electron chi connectivity index (χ2n) is 8.87. The van der Waals surface area contributed by atoms with Gasteiger partial charge in [-0.05, 0) is 85.3 Å². The van der Waals surface area contributed by atoms with Crippen LogP contribution in [0.15, 0.2) is 58.9 Å². The number of allylic oxidation sites excluding steroid dienone is 7. The average molecular weight is 459 g/mol. The molecule has 0 fully saturated rings. The second kappa shape index (κ2) is 15.6. The van der Waals surface area contributed by atoms with Gasteiger partial charge in [-0.3, -0.25) is 0 Å². The molecule has 32 heavy (non-hydrogen) atoms. The molecular formula is C27H42N2O2S. The maximum absolute atomic E-state index is 11.6. The second-order valence-corrected chi connectivity index (χ2v) is 9.94. The Morgan fingerprint density at radius 3 is 2.34 bits per heavy atom. The molecule has 3 N–H and O–H groups in total. The van der Waals surface area contributed by atoms with E-state index in [0.29, 0.717) is 5.75 Å². The highest BCUT2D eigenvalue weighted by Crippen LogP contribution is 2.18. The number of carboxylic acid groups (broad SMARTS) is 1. The molecule has 178 valence electrons. The van der Waals surface area contributed by atoms with Crippen molar-refractivity contribution in [2.24, 2.45) is 0 Å². The van der Waals surface area contributed by atoms with Gasteiger partial charge in [-0.15, -0.1) is 0 Å². The molecule has 0 amide bonds. The number of rotatable bonds is 15. The third kappa shape index (κ3) is 12.7. The van der Waals surface area contributed by atoms with E-state index in [4.69, 9.17) is 0 Å². The number of aryl methyl sites for hydroxylation is 1. The largest absolute Gasteiger partial charge is 0.480 e. The molecule has 0 aliphatic rings. The molecule has 1 aromatic rings. The Morgan fingerprint density at radius 2 is 1.75 bits per heavy atom. The van der Waals surface area contributed by atoms with Crippen LogP contribution in [0.3, 0.4) is 0 Å². The normalized spacial score (nSPS) is 12.9. The number of hydrogen-bond donors (Lipinski definition) is 3. The van der Waals surface area contributed by atoms with Crippen molar-refractivity contribution in [1.82, 2.24) is 4.98 Å². The topological polar surface area (TPSA) is 65.1 Å². The van der Waals surface area contributed by atoms with Crippen LogP contribution < -0.4 is 5.32 Å². The van der Waals surface area contributed by atoms with Gasteiger partial charge in [0.1, 0.15) is 11.9 Å². The maximum Gasteiger partial charge on any atom is 0.327 e. The van der Waals surface area contributed by atoms with E-state index in [9.17, 15) is 9.90 Å². The predicted octanol–water partition coefficient (Wildman–Crippen LogP) is 7.68. The lowest BCUT2D eigenvalue weighted by molar-refractivity contribution is -0.137. The standard InChI is InChI=1S/C27H42N2O2S/c1-20(2)9-7-10-22(5)11-8-12-24(14-13-21(3)4)16-18-32-19-25(27(30)31)29-26-23(6)15-17-28-26/h9,11,13,15-17,25,28-29H,7-8,10,12,14,18-19H2,1-6H3,(H,30,31). The van der Waals surface area contributed by atoms with E-state index in [-0.39, 0.29) is 0 Å².